The average molecular weight is 486 g/mol. The van der Waals surface area contributed by atoms with Gasteiger partial charge in [0, 0.05) is 26.2 Å². The molecule has 0 aliphatic carbocycles. The molecule has 32 heavy (non-hydrogen) atoms. The summed E-state index contributed by atoms with van der Waals surface area (Å²) in [4.78, 5) is 22.0. The number of morpholine rings is 1. The van der Waals surface area contributed by atoms with Gasteiger partial charge < -0.3 is 23.7 Å². The Morgan fingerprint density at radius 1 is 1.16 bits per heavy atom. The van der Waals surface area contributed by atoms with Crippen LogP contribution < -0.4 is 14.4 Å². The monoisotopic (exact) mass is 485 g/mol. The first-order valence-corrected chi connectivity index (χ1v) is 11.1. The second-order valence-corrected chi connectivity index (χ2v) is 8.09. The lowest BCUT2D eigenvalue weighted by Gasteiger charge is -2.28. The number of fused-ring (bicyclic) bond motifs is 1. The Morgan fingerprint density at radius 2 is 1.91 bits per heavy atom. The average Bonchev–Trinajstić information content (AvgIpc) is 3.27. The molecule has 0 N–H and O–H groups in total. The van der Waals surface area contributed by atoms with Gasteiger partial charge in [-0.2, -0.15) is 0 Å². The van der Waals surface area contributed by atoms with E-state index in [1.54, 1.807) is 19.1 Å². The molecule has 11 heteroatoms. The zero-order valence-electron chi connectivity index (χ0n) is 18.2. The molecule has 0 atom stereocenters. The molecule has 9 nitrogen and oxygen atoms in total. The molecule has 2 aliphatic heterocycles. The minimum absolute atomic E-state index is 0. The lowest BCUT2D eigenvalue weighted by Crippen LogP contribution is -2.40. The van der Waals surface area contributed by atoms with Crippen LogP contribution in [0.5, 0.6) is 11.5 Å². The van der Waals surface area contributed by atoms with Crippen LogP contribution in [-0.4, -0.2) is 82.6 Å². The van der Waals surface area contributed by atoms with Crippen molar-refractivity contribution in [1.29, 1.82) is 0 Å². The van der Waals surface area contributed by atoms with Crippen LogP contribution in [0.4, 0.5) is 5.13 Å². The summed E-state index contributed by atoms with van der Waals surface area (Å²) >= 11 is 1.40. The first kappa shape index (κ1) is 24.4. The van der Waals surface area contributed by atoms with E-state index in [4.69, 9.17) is 28.7 Å². The number of carbonyl (C=O) groups is 1. The van der Waals surface area contributed by atoms with Crippen molar-refractivity contribution in [3.63, 3.8) is 0 Å². The van der Waals surface area contributed by atoms with Crippen molar-refractivity contribution in [2.75, 3.05) is 71.7 Å². The minimum Gasteiger partial charge on any atom is -0.495 e. The van der Waals surface area contributed by atoms with Gasteiger partial charge in [-0.05, 0) is 18.6 Å². The van der Waals surface area contributed by atoms with Crippen molar-refractivity contribution in [1.82, 2.24) is 9.88 Å². The van der Waals surface area contributed by atoms with Crippen LogP contribution in [0.2, 0.25) is 0 Å². The Bertz CT molecular complexity index is 906. The van der Waals surface area contributed by atoms with E-state index in [1.165, 1.54) is 17.6 Å². The van der Waals surface area contributed by atoms with Crippen LogP contribution in [0.3, 0.4) is 0 Å². The fourth-order valence-electron chi connectivity index (χ4n) is 3.56. The molecular formula is C21H28ClN3O6S. The van der Waals surface area contributed by atoms with Crippen molar-refractivity contribution in [2.24, 2.45) is 0 Å². The third kappa shape index (κ3) is 5.37. The van der Waals surface area contributed by atoms with Crippen molar-refractivity contribution < 1.29 is 28.5 Å². The zero-order valence-corrected chi connectivity index (χ0v) is 19.8. The predicted molar refractivity (Wildman–Crippen MR) is 124 cm³/mol. The van der Waals surface area contributed by atoms with E-state index in [0.717, 1.165) is 44.0 Å². The Labute approximate surface area is 197 Å². The third-order valence-electron chi connectivity index (χ3n) is 5.19. The first-order valence-electron chi connectivity index (χ1n) is 10.3. The molecule has 0 bridgehead atoms. The second-order valence-electron chi connectivity index (χ2n) is 7.11. The van der Waals surface area contributed by atoms with Gasteiger partial charge in [0.1, 0.15) is 41.2 Å². The molecule has 1 aromatic heterocycles. The maximum Gasteiger partial charge on any atom is 0.298 e. The highest BCUT2D eigenvalue weighted by Gasteiger charge is 2.27. The number of thiazole rings is 1. The molecule has 0 spiro atoms. The molecule has 1 aromatic carbocycles. The smallest absolute Gasteiger partial charge is 0.298 e. The molecule has 1 amide bonds. The number of hydrogen-bond donors (Lipinski definition) is 0. The highest BCUT2D eigenvalue weighted by Crippen LogP contribution is 2.40. The Hall–Kier alpha value is -2.27. The van der Waals surface area contributed by atoms with E-state index in [-0.39, 0.29) is 24.1 Å². The standard InChI is InChI=1S/C21H27N3O6S.ClH/c1-26-15-4-5-16(27-2)19-18(15)22-21(31-19)24(20(25)17-14-29-12-13-30-17)7-3-6-23-8-10-28-11-9-23;/h4-5,14H,3,6-13H2,1-2H3;1H. The van der Waals surface area contributed by atoms with Gasteiger partial charge in [0.05, 0.1) is 27.4 Å². The molecule has 0 unspecified atom stereocenters. The van der Waals surface area contributed by atoms with E-state index < -0.39 is 0 Å². The first-order chi connectivity index (χ1) is 15.2. The summed E-state index contributed by atoms with van der Waals surface area (Å²) in [7, 11) is 3.22. The number of aromatic nitrogens is 1. The van der Waals surface area contributed by atoms with Gasteiger partial charge in [0.2, 0.25) is 5.76 Å². The summed E-state index contributed by atoms with van der Waals surface area (Å²) in [5, 5.41) is 0.569. The van der Waals surface area contributed by atoms with Gasteiger partial charge in [0.25, 0.3) is 5.91 Å². The van der Waals surface area contributed by atoms with Crippen molar-refractivity contribution >= 4 is 45.0 Å². The lowest BCUT2D eigenvalue weighted by molar-refractivity contribution is -0.119. The number of benzene rings is 1. The molecule has 3 heterocycles. The number of halogens is 1. The number of methoxy groups -OCH3 is 2. The van der Waals surface area contributed by atoms with Gasteiger partial charge in [-0.25, -0.2) is 4.98 Å². The van der Waals surface area contributed by atoms with E-state index in [1.807, 2.05) is 12.1 Å². The number of nitrogens with zero attached hydrogens (tertiary/aromatic N) is 3. The lowest BCUT2D eigenvalue weighted by atomic mass is 10.3. The van der Waals surface area contributed by atoms with E-state index in [9.17, 15) is 4.79 Å². The van der Waals surface area contributed by atoms with Gasteiger partial charge in [-0.15, -0.1) is 12.4 Å². The van der Waals surface area contributed by atoms with Gasteiger partial charge in [-0.1, -0.05) is 11.3 Å². The van der Waals surface area contributed by atoms with Gasteiger partial charge in [0.15, 0.2) is 5.13 Å². The van der Waals surface area contributed by atoms with Crippen LogP contribution in [0.25, 0.3) is 10.2 Å². The number of ether oxygens (including phenoxy) is 5. The SMILES string of the molecule is COc1ccc(OC)c2sc(N(CCCN3CCOCC3)C(=O)C3=COCCO3)nc12.Cl. The van der Waals surface area contributed by atoms with Crippen molar-refractivity contribution in [3.8, 4) is 11.5 Å². The minimum atomic E-state index is -0.265. The molecule has 2 aromatic rings. The Kier molecular flexibility index (Phi) is 8.80. The van der Waals surface area contributed by atoms with Crippen LogP contribution in [0, 0.1) is 0 Å². The second kappa shape index (κ2) is 11.6. The summed E-state index contributed by atoms with van der Waals surface area (Å²) in [5.41, 5.74) is 0.669. The Morgan fingerprint density at radius 3 is 2.59 bits per heavy atom. The molecule has 1 fully saturated rings. The van der Waals surface area contributed by atoms with Gasteiger partial charge in [-0.3, -0.25) is 14.6 Å². The maximum absolute atomic E-state index is 13.3. The highest BCUT2D eigenvalue weighted by atomic mass is 35.5. The van der Waals surface area contributed by atoms with E-state index >= 15 is 0 Å². The number of hydrogen-bond acceptors (Lipinski definition) is 9. The summed E-state index contributed by atoms with van der Waals surface area (Å²) < 4.78 is 28.1. The number of amides is 1. The number of anilines is 1. The summed E-state index contributed by atoms with van der Waals surface area (Å²) in [5.74, 6) is 1.25. The quantitative estimate of drug-likeness (QED) is 0.564. The normalized spacial score (nSPS) is 16.4. The summed E-state index contributed by atoms with van der Waals surface area (Å²) in [6.07, 6.45) is 2.18. The maximum atomic E-state index is 13.3. The molecule has 0 radical (unpaired) electrons. The van der Waals surface area contributed by atoms with E-state index in [0.29, 0.717) is 41.9 Å². The van der Waals surface area contributed by atoms with Crippen molar-refractivity contribution in [3.05, 3.63) is 24.2 Å². The topological polar surface area (TPSA) is 82.6 Å². The van der Waals surface area contributed by atoms with Crippen molar-refractivity contribution in [2.45, 2.75) is 6.42 Å². The van der Waals surface area contributed by atoms with Crippen LogP contribution >= 0.6 is 23.7 Å². The van der Waals surface area contributed by atoms with Crippen LogP contribution in [0.15, 0.2) is 24.2 Å². The van der Waals surface area contributed by atoms with E-state index in [2.05, 4.69) is 4.90 Å². The molecule has 2 aliphatic rings. The summed E-state index contributed by atoms with van der Waals surface area (Å²) in [6, 6.07) is 3.66. The molecule has 1 saturated heterocycles. The third-order valence-corrected chi connectivity index (χ3v) is 6.29. The number of carbonyl (C=O) groups excluding carboxylic acids is 1. The summed E-state index contributed by atoms with van der Waals surface area (Å²) in [6.45, 7) is 5.47. The Balaban J connectivity index is 0.00000289. The predicted octanol–water partition coefficient (Wildman–Crippen LogP) is 2.68. The molecule has 0 saturated carbocycles. The fourth-order valence-corrected chi connectivity index (χ4v) is 4.66. The number of rotatable bonds is 8. The van der Waals surface area contributed by atoms with Crippen LogP contribution in [0.1, 0.15) is 6.42 Å². The largest absolute Gasteiger partial charge is 0.495 e. The molecule has 176 valence electrons. The zero-order chi connectivity index (χ0) is 21.6. The molecular weight excluding hydrogens is 458 g/mol. The van der Waals surface area contributed by atoms with Gasteiger partial charge >= 0.3 is 0 Å². The highest BCUT2D eigenvalue weighted by molar-refractivity contribution is 7.22. The fraction of sp³-hybridized carbons (Fsp3) is 0.524. The van der Waals surface area contributed by atoms with Crippen LogP contribution in [-0.2, 0) is 19.0 Å². The molecule has 4 rings (SSSR count).